The second-order valence-corrected chi connectivity index (χ2v) is 4.48. The summed E-state index contributed by atoms with van der Waals surface area (Å²) in [6, 6.07) is 4.93. The lowest BCUT2D eigenvalue weighted by Crippen LogP contribution is -2.33. The van der Waals surface area contributed by atoms with Gasteiger partial charge in [-0.3, -0.25) is 4.79 Å². The molecule has 0 fully saturated rings. The molecule has 0 aliphatic rings. The summed E-state index contributed by atoms with van der Waals surface area (Å²) >= 11 is 3.29. The van der Waals surface area contributed by atoms with E-state index < -0.39 is 0 Å². The van der Waals surface area contributed by atoms with Crippen LogP contribution < -0.4 is 11.1 Å². The Hall–Kier alpha value is -1.47. The summed E-state index contributed by atoms with van der Waals surface area (Å²) in [6.07, 6.45) is 7.04. The highest BCUT2D eigenvalue weighted by atomic mass is 79.9. The number of benzene rings is 1. The van der Waals surface area contributed by atoms with Crippen molar-refractivity contribution in [2.45, 2.75) is 25.8 Å². The number of hydrogen-bond donors (Lipinski definition) is 2. The van der Waals surface area contributed by atoms with Gasteiger partial charge in [0.2, 0.25) is 0 Å². The Morgan fingerprint density at radius 2 is 2.35 bits per heavy atom. The molecule has 17 heavy (non-hydrogen) atoms. The normalized spacial score (nSPS) is 11.6. The fraction of sp³-hybridized carbons (Fsp3) is 0.308. The van der Waals surface area contributed by atoms with Crippen LogP contribution in [0, 0.1) is 12.3 Å². The predicted octanol–water partition coefficient (Wildman–Crippen LogP) is 2.56. The monoisotopic (exact) mass is 294 g/mol. The summed E-state index contributed by atoms with van der Waals surface area (Å²) in [5.41, 5.74) is 6.75. The standard InChI is InChI=1S/C13H15BrN2O/c1-3-6-9(4-2)16-13(17)10-7-5-8-11(15)12(10)14/h2,5,7-9H,3,6,15H2,1H3,(H,16,17). The Morgan fingerprint density at radius 1 is 1.65 bits per heavy atom. The average Bonchev–Trinajstić information content (AvgIpc) is 2.31. The first-order valence-corrected chi connectivity index (χ1v) is 6.20. The Balaban J connectivity index is 2.83. The second-order valence-electron chi connectivity index (χ2n) is 3.69. The maximum atomic E-state index is 12.0. The number of terminal acetylenes is 1. The highest BCUT2D eigenvalue weighted by Crippen LogP contribution is 2.23. The smallest absolute Gasteiger partial charge is 0.253 e. The number of carbonyl (C=O) groups excluding carboxylic acids is 1. The van der Waals surface area contributed by atoms with Crippen LogP contribution in [0.15, 0.2) is 22.7 Å². The third-order valence-electron chi connectivity index (χ3n) is 2.36. The quantitative estimate of drug-likeness (QED) is 0.662. The zero-order valence-corrected chi connectivity index (χ0v) is 11.3. The molecule has 1 unspecified atom stereocenters. The first-order chi connectivity index (χ1) is 8.10. The molecule has 0 saturated heterocycles. The van der Waals surface area contributed by atoms with E-state index in [0.717, 1.165) is 12.8 Å². The average molecular weight is 295 g/mol. The van der Waals surface area contributed by atoms with Gasteiger partial charge in [-0.15, -0.1) is 6.42 Å². The second kappa shape index (κ2) is 6.31. The summed E-state index contributed by atoms with van der Waals surface area (Å²) < 4.78 is 0.602. The van der Waals surface area contributed by atoms with Crippen molar-refractivity contribution in [1.82, 2.24) is 5.32 Å². The van der Waals surface area contributed by atoms with Gasteiger partial charge >= 0.3 is 0 Å². The third-order valence-corrected chi connectivity index (χ3v) is 3.24. The minimum absolute atomic E-state index is 0.208. The van der Waals surface area contributed by atoms with Crippen molar-refractivity contribution in [3.05, 3.63) is 28.2 Å². The molecular weight excluding hydrogens is 280 g/mol. The first kappa shape index (κ1) is 13.6. The highest BCUT2D eigenvalue weighted by molar-refractivity contribution is 9.10. The largest absolute Gasteiger partial charge is 0.398 e. The van der Waals surface area contributed by atoms with Crippen LogP contribution in [0.1, 0.15) is 30.1 Å². The van der Waals surface area contributed by atoms with E-state index in [1.54, 1.807) is 18.2 Å². The molecule has 3 nitrogen and oxygen atoms in total. The lowest BCUT2D eigenvalue weighted by molar-refractivity contribution is 0.0943. The molecule has 1 rings (SSSR count). The van der Waals surface area contributed by atoms with Crippen molar-refractivity contribution in [3.63, 3.8) is 0 Å². The number of anilines is 1. The van der Waals surface area contributed by atoms with Gasteiger partial charge < -0.3 is 11.1 Å². The predicted molar refractivity (Wildman–Crippen MR) is 73.5 cm³/mol. The van der Waals surface area contributed by atoms with Gasteiger partial charge in [0.1, 0.15) is 0 Å². The number of hydrogen-bond acceptors (Lipinski definition) is 2. The van der Waals surface area contributed by atoms with E-state index in [9.17, 15) is 4.79 Å². The topological polar surface area (TPSA) is 55.1 Å². The van der Waals surface area contributed by atoms with Crippen molar-refractivity contribution >= 4 is 27.5 Å². The fourth-order valence-electron chi connectivity index (χ4n) is 1.45. The van der Waals surface area contributed by atoms with Gasteiger partial charge in [0.05, 0.1) is 16.1 Å². The van der Waals surface area contributed by atoms with Crippen LogP contribution in [0.4, 0.5) is 5.69 Å². The molecule has 0 spiro atoms. The van der Waals surface area contributed by atoms with Crippen molar-refractivity contribution < 1.29 is 4.79 Å². The molecule has 1 aromatic rings. The Morgan fingerprint density at radius 3 is 2.94 bits per heavy atom. The minimum atomic E-state index is -0.235. The number of nitrogens with one attached hydrogen (secondary N) is 1. The Labute approximate surface area is 110 Å². The Bertz CT molecular complexity index is 451. The number of rotatable bonds is 4. The van der Waals surface area contributed by atoms with Crippen molar-refractivity contribution in [1.29, 1.82) is 0 Å². The van der Waals surface area contributed by atoms with Crippen LogP contribution in [0.25, 0.3) is 0 Å². The summed E-state index contributed by atoms with van der Waals surface area (Å²) in [5, 5.41) is 2.79. The van der Waals surface area contributed by atoms with E-state index >= 15 is 0 Å². The third kappa shape index (κ3) is 3.50. The van der Waals surface area contributed by atoms with Crippen LogP contribution in [0.2, 0.25) is 0 Å². The molecule has 90 valence electrons. The van der Waals surface area contributed by atoms with Gasteiger partial charge in [0, 0.05) is 5.69 Å². The molecule has 1 aromatic carbocycles. The molecule has 0 saturated carbocycles. The molecule has 0 bridgehead atoms. The van der Waals surface area contributed by atoms with E-state index in [0.29, 0.717) is 15.7 Å². The zero-order chi connectivity index (χ0) is 12.8. The lowest BCUT2D eigenvalue weighted by Gasteiger charge is -2.13. The molecule has 0 aromatic heterocycles. The Kier molecular flexibility index (Phi) is 5.05. The van der Waals surface area contributed by atoms with E-state index in [1.165, 1.54) is 0 Å². The molecule has 0 radical (unpaired) electrons. The van der Waals surface area contributed by atoms with Gasteiger partial charge in [-0.25, -0.2) is 0 Å². The molecule has 4 heteroatoms. The summed E-state index contributed by atoms with van der Waals surface area (Å²) in [6.45, 7) is 2.02. The van der Waals surface area contributed by atoms with Gasteiger partial charge in [-0.2, -0.15) is 0 Å². The molecule has 0 heterocycles. The molecular formula is C13H15BrN2O. The maximum Gasteiger partial charge on any atom is 0.253 e. The zero-order valence-electron chi connectivity index (χ0n) is 9.66. The summed E-state index contributed by atoms with van der Waals surface area (Å²) in [7, 11) is 0. The molecule has 1 amide bonds. The highest BCUT2D eigenvalue weighted by Gasteiger charge is 2.14. The summed E-state index contributed by atoms with van der Waals surface area (Å²) in [5.74, 6) is 2.35. The van der Waals surface area contributed by atoms with E-state index in [-0.39, 0.29) is 11.9 Å². The maximum absolute atomic E-state index is 12.0. The van der Waals surface area contributed by atoms with Crippen LogP contribution >= 0.6 is 15.9 Å². The first-order valence-electron chi connectivity index (χ1n) is 5.41. The number of nitrogens with two attached hydrogens (primary N) is 1. The summed E-state index contributed by atoms with van der Waals surface area (Å²) in [4.78, 5) is 12.0. The van der Waals surface area contributed by atoms with Crippen LogP contribution in [0.5, 0.6) is 0 Å². The van der Waals surface area contributed by atoms with Gasteiger partial charge in [-0.05, 0) is 34.5 Å². The van der Waals surface area contributed by atoms with Crippen LogP contribution in [0.3, 0.4) is 0 Å². The lowest BCUT2D eigenvalue weighted by atomic mass is 10.1. The van der Waals surface area contributed by atoms with Crippen molar-refractivity contribution in [2.75, 3.05) is 5.73 Å². The number of carbonyl (C=O) groups is 1. The number of amides is 1. The van der Waals surface area contributed by atoms with E-state index in [4.69, 9.17) is 12.2 Å². The van der Waals surface area contributed by atoms with Gasteiger partial charge in [-0.1, -0.05) is 25.3 Å². The number of nitrogen functional groups attached to an aromatic ring is 1. The van der Waals surface area contributed by atoms with Gasteiger partial charge in [0.25, 0.3) is 5.91 Å². The van der Waals surface area contributed by atoms with Crippen LogP contribution in [-0.2, 0) is 0 Å². The number of halogens is 1. The van der Waals surface area contributed by atoms with Gasteiger partial charge in [0.15, 0.2) is 0 Å². The SMILES string of the molecule is C#CC(CCC)NC(=O)c1cccc(N)c1Br. The molecule has 0 aliphatic carbocycles. The molecule has 3 N–H and O–H groups in total. The van der Waals surface area contributed by atoms with Crippen LogP contribution in [-0.4, -0.2) is 11.9 Å². The molecule has 0 aliphatic heterocycles. The molecule has 1 atom stereocenters. The van der Waals surface area contributed by atoms with E-state index in [2.05, 4.69) is 27.2 Å². The fourth-order valence-corrected chi connectivity index (χ4v) is 1.89. The van der Waals surface area contributed by atoms with Crippen molar-refractivity contribution in [2.24, 2.45) is 0 Å². The van der Waals surface area contributed by atoms with E-state index in [1.807, 2.05) is 6.92 Å². The van der Waals surface area contributed by atoms with Crippen molar-refractivity contribution in [3.8, 4) is 12.3 Å². The minimum Gasteiger partial charge on any atom is -0.398 e.